The first-order valence-corrected chi connectivity index (χ1v) is 5.45. The molecule has 0 bridgehead atoms. The summed E-state index contributed by atoms with van der Waals surface area (Å²) in [5.74, 6) is -0.652. The number of aromatic nitrogens is 1. The Balaban J connectivity index is 3.25. The van der Waals surface area contributed by atoms with Gasteiger partial charge in [-0.1, -0.05) is 15.9 Å². The van der Waals surface area contributed by atoms with E-state index in [1.54, 1.807) is 0 Å². The van der Waals surface area contributed by atoms with Gasteiger partial charge in [-0.25, -0.2) is 18.2 Å². The van der Waals surface area contributed by atoms with Gasteiger partial charge in [0.05, 0.1) is 9.26 Å². The molecule has 0 saturated heterocycles. The van der Waals surface area contributed by atoms with E-state index in [1.165, 1.54) is 22.6 Å². The van der Waals surface area contributed by atoms with Gasteiger partial charge in [0.2, 0.25) is 0 Å². The third-order valence-electron chi connectivity index (χ3n) is 1.34. The molecule has 0 spiro atoms. The summed E-state index contributed by atoms with van der Waals surface area (Å²) in [6.45, 7) is 0. The number of pyridine rings is 1. The molecule has 1 rings (SSSR count). The monoisotopic (exact) mass is 365 g/mol. The van der Waals surface area contributed by atoms with Crippen LogP contribution in [-0.2, 0) is 5.33 Å². The van der Waals surface area contributed by atoms with Gasteiger partial charge in [-0.3, -0.25) is 0 Å². The predicted octanol–water partition coefficient (Wildman–Crippen LogP) is 3.66. The standard InChI is InChI=1S/C7H4BrF3IN/c8-2-3-1-4(9)5(12)6(13-3)7(10)11/h1,7H,2H2. The highest BCUT2D eigenvalue weighted by atomic mass is 127. The molecule has 0 aliphatic carbocycles. The Kier molecular flexibility index (Phi) is 3.96. The topological polar surface area (TPSA) is 12.9 Å². The molecular weight excluding hydrogens is 362 g/mol. The van der Waals surface area contributed by atoms with Crippen LogP contribution in [0, 0.1) is 9.39 Å². The number of alkyl halides is 3. The average molecular weight is 366 g/mol. The number of halogens is 5. The van der Waals surface area contributed by atoms with E-state index < -0.39 is 17.9 Å². The lowest BCUT2D eigenvalue weighted by atomic mass is 10.3. The molecule has 1 aromatic rings. The lowest BCUT2D eigenvalue weighted by Crippen LogP contribution is -2.01. The number of rotatable bonds is 2. The predicted molar refractivity (Wildman–Crippen MR) is 54.5 cm³/mol. The van der Waals surface area contributed by atoms with Crippen LogP contribution in [-0.4, -0.2) is 4.98 Å². The molecule has 1 heterocycles. The first-order chi connectivity index (χ1) is 6.06. The third-order valence-corrected chi connectivity index (χ3v) is 2.98. The van der Waals surface area contributed by atoms with Crippen molar-refractivity contribution in [2.45, 2.75) is 11.8 Å². The van der Waals surface area contributed by atoms with Crippen molar-refractivity contribution in [2.75, 3.05) is 0 Å². The maximum atomic E-state index is 13.0. The van der Waals surface area contributed by atoms with Crippen LogP contribution in [0.1, 0.15) is 17.8 Å². The molecule has 0 N–H and O–H groups in total. The Bertz CT molecular complexity index is 319. The molecule has 0 aliphatic rings. The number of nitrogens with zero attached hydrogens (tertiary/aromatic N) is 1. The SMILES string of the molecule is Fc1cc(CBr)nc(C(F)F)c1I. The van der Waals surface area contributed by atoms with Gasteiger partial charge in [-0.05, 0) is 28.7 Å². The molecule has 72 valence electrons. The van der Waals surface area contributed by atoms with E-state index in [2.05, 4.69) is 20.9 Å². The third kappa shape index (κ3) is 2.55. The van der Waals surface area contributed by atoms with E-state index >= 15 is 0 Å². The lowest BCUT2D eigenvalue weighted by molar-refractivity contribution is 0.144. The van der Waals surface area contributed by atoms with Gasteiger partial charge in [0.25, 0.3) is 6.43 Å². The van der Waals surface area contributed by atoms with Crippen molar-refractivity contribution < 1.29 is 13.2 Å². The molecule has 0 fully saturated rings. The van der Waals surface area contributed by atoms with Crippen molar-refractivity contribution in [3.8, 4) is 0 Å². The van der Waals surface area contributed by atoms with Crippen molar-refractivity contribution in [3.05, 3.63) is 26.8 Å². The second-order valence-electron chi connectivity index (χ2n) is 2.23. The summed E-state index contributed by atoms with van der Waals surface area (Å²) in [5.41, 5.74) is -0.219. The minimum atomic E-state index is -2.74. The fourth-order valence-electron chi connectivity index (χ4n) is 0.781. The molecular formula is C7H4BrF3IN. The molecule has 0 radical (unpaired) electrons. The smallest absolute Gasteiger partial charge is 0.250 e. The largest absolute Gasteiger partial charge is 0.281 e. The maximum absolute atomic E-state index is 13.0. The van der Waals surface area contributed by atoms with E-state index in [1.807, 2.05) is 0 Å². The van der Waals surface area contributed by atoms with Crippen molar-refractivity contribution in [1.82, 2.24) is 4.98 Å². The summed E-state index contributed by atoms with van der Waals surface area (Å²) >= 11 is 4.54. The van der Waals surface area contributed by atoms with Gasteiger partial charge in [0, 0.05) is 5.33 Å². The van der Waals surface area contributed by atoms with Crippen molar-refractivity contribution >= 4 is 38.5 Å². The highest BCUT2D eigenvalue weighted by Crippen LogP contribution is 2.25. The zero-order valence-electron chi connectivity index (χ0n) is 6.20. The van der Waals surface area contributed by atoms with Crippen molar-refractivity contribution in [3.63, 3.8) is 0 Å². The molecule has 0 saturated carbocycles. The Morgan fingerprint density at radius 1 is 1.54 bits per heavy atom. The zero-order valence-corrected chi connectivity index (χ0v) is 9.94. The Morgan fingerprint density at radius 2 is 2.15 bits per heavy atom. The summed E-state index contributed by atoms with van der Waals surface area (Å²) in [6, 6.07) is 1.14. The highest BCUT2D eigenvalue weighted by molar-refractivity contribution is 14.1. The molecule has 13 heavy (non-hydrogen) atoms. The van der Waals surface area contributed by atoms with Crippen LogP contribution >= 0.6 is 38.5 Å². The minimum Gasteiger partial charge on any atom is -0.250 e. The number of hydrogen-bond acceptors (Lipinski definition) is 1. The summed E-state index contributed by atoms with van der Waals surface area (Å²) in [5, 5.41) is 0.264. The van der Waals surface area contributed by atoms with Gasteiger partial charge in [-0.2, -0.15) is 0 Å². The minimum absolute atomic E-state index is 0.114. The molecule has 1 aromatic heterocycles. The Labute approximate surface area is 95.0 Å². The van der Waals surface area contributed by atoms with Crippen LogP contribution < -0.4 is 0 Å². The van der Waals surface area contributed by atoms with Crippen LogP contribution in [0.4, 0.5) is 13.2 Å². The Hall–Kier alpha value is 0.150. The van der Waals surface area contributed by atoms with Crippen LogP contribution in [0.15, 0.2) is 6.07 Å². The van der Waals surface area contributed by atoms with Gasteiger partial charge in [0.1, 0.15) is 11.5 Å². The van der Waals surface area contributed by atoms with E-state index in [4.69, 9.17) is 0 Å². The van der Waals surface area contributed by atoms with E-state index in [9.17, 15) is 13.2 Å². The van der Waals surface area contributed by atoms with Crippen LogP contribution in [0.2, 0.25) is 0 Å². The quantitative estimate of drug-likeness (QED) is 0.575. The first-order valence-electron chi connectivity index (χ1n) is 3.25. The van der Waals surface area contributed by atoms with Crippen LogP contribution in [0.25, 0.3) is 0 Å². The van der Waals surface area contributed by atoms with E-state index in [0.717, 1.165) is 6.07 Å². The van der Waals surface area contributed by atoms with E-state index in [0.29, 0.717) is 0 Å². The molecule has 0 atom stereocenters. The average Bonchev–Trinajstić information content (AvgIpc) is 2.09. The van der Waals surface area contributed by atoms with Gasteiger partial charge >= 0.3 is 0 Å². The molecule has 0 unspecified atom stereocenters. The van der Waals surface area contributed by atoms with E-state index in [-0.39, 0.29) is 14.6 Å². The second kappa shape index (κ2) is 4.59. The number of hydrogen-bond donors (Lipinski definition) is 0. The molecule has 0 aliphatic heterocycles. The summed E-state index contributed by atoms with van der Waals surface area (Å²) < 4.78 is 37.4. The summed E-state index contributed by atoms with van der Waals surface area (Å²) in [7, 11) is 0. The summed E-state index contributed by atoms with van der Waals surface area (Å²) in [4.78, 5) is 3.61. The molecule has 1 nitrogen and oxygen atoms in total. The molecule has 6 heteroatoms. The van der Waals surface area contributed by atoms with Crippen molar-refractivity contribution in [1.29, 1.82) is 0 Å². The fourth-order valence-corrected chi connectivity index (χ4v) is 1.58. The lowest BCUT2D eigenvalue weighted by Gasteiger charge is -2.05. The maximum Gasteiger partial charge on any atom is 0.281 e. The second-order valence-corrected chi connectivity index (χ2v) is 3.87. The summed E-state index contributed by atoms with van der Waals surface area (Å²) in [6.07, 6.45) is -2.74. The Morgan fingerprint density at radius 3 is 2.62 bits per heavy atom. The van der Waals surface area contributed by atoms with Gasteiger partial charge in [-0.15, -0.1) is 0 Å². The van der Waals surface area contributed by atoms with Crippen LogP contribution in [0.5, 0.6) is 0 Å². The molecule has 0 amide bonds. The van der Waals surface area contributed by atoms with Crippen LogP contribution in [0.3, 0.4) is 0 Å². The zero-order chi connectivity index (χ0) is 10.0. The first kappa shape index (κ1) is 11.2. The fraction of sp³-hybridized carbons (Fsp3) is 0.286. The van der Waals surface area contributed by atoms with Gasteiger partial charge < -0.3 is 0 Å². The normalized spacial score (nSPS) is 10.9. The highest BCUT2D eigenvalue weighted by Gasteiger charge is 2.17. The van der Waals surface area contributed by atoms with Crippen molar-refractivity contribution in [2.24, 2.45) is 0 Å². The molecule has 0 aromatic carbocycles. The van der Waals surface area contributed by atoms with Gasteiger partial charge in [0.15, 0.2) is 0 Å².